The minimum atomic E-state index is 0.281. The SMILES string of the molecule is C=CCOC1CCN(c2ccnc3cc(Cl)ccc23)C1. The van der Waals surface area contributed by atoms with Crippen LogP contribution < -0.4 is 4.90 Å². The van der Waals surface area contributed by atoms with Gasteiger partial charge in [-0.05, 0) is 30.7 Å². The molecule has 0 spiro atoms. The molecule has 104 valence electrons. The summed E-state index contributed by atoms with van der Waals surface area (Å²) in [5.41, 5.74) is 2.14. The van der Waals surface area contributed by atoms with Gasteiger partial charge in [0.25, 0.3) is 0 Å². The van der Waals surface area contributed by atoms with Gasteiger partial charge in [0.05, 0.1) is 18.2 Å². The van der Waals surface area contributed by atoms with Crippen LogP contribution in [0.15, 0.2) is 43.1 Å². The molecule has 1 aliphatic heterocycles. The number of anilines is 1. The predicted molar refractivity (Wildman–Crippen MR) is 83.5 cm³/mol. The Balaban J connectivity index is 1.86. The molecular weight excluding hydrogens is 272 g/mol. The van der Waals surface area contributed by atoms with Gasteiger partial charge in [-0.15, -0.1) is 6.58 Å². The molecule has 0 aliphatic carbocycles. The molecule has 1 fully saturated rings. The summed E-state index contributed by atoms with van der Waals surface area (Å²) in [6.45, 7) is 6.22. The van der Waals surface area contributed by atoms with Gasteiger partial charge in [0.15, 0.2) is 0 Å². The number of hydrogen-bond acceptors (Lipinski definition) is 3. The molecule has 1 unspecified atom stereocenters. The van der Waals surface area contributed by atoms with Crippen LogP contribution in [0.2, 0.25) is 5.02 Å². The molecule has 1 saturated heterocycles. The van der Waals surface area contributed by atoms with Gasteiger partial charge in [0.2, 0.25) is 0 Å². The van der Waals surface area contributed by atoms with Gasteiger partial charge in [0.1, 0.15) is 0 Å². The lowest BCUT2D eigenvalue weighted by molar-refractivity contribution is 0.0909. The Morgan fingerprint density at radius 2 is 2.35 bits per heavy atom. The number of fused-ring (bicyclic) bond motifs is 1. The first-order valence-electron chi connectivity index (χ1n) is 6.79. The van der Waals surface area contributed by atoms with Crippen molar-refractivity contribution in [1.29, 1.82) is 0 Å². The molecule has 1 aromatic heterocycles. The quantitative estimate of drug-likeness (QED) is 0.803. The fourth-order valence-corrected chi connectivity index (χ4v) is 2.84. The number of halogens is 1. The van der Waals surface area contributed by atoms with E-state index >= 15 is 0 Å². The molecular formula is C16H17ClN2O. The largest absolute Gasteiger partial charge is 0.372 e. The van der Waals surface area contributed by atoms with Gasteiger partial charge >= 0.3 is 0 Å². The van der Waals surface area contributed by atoms with Crippen molar-refractivity contribution in [2.75, 3.05) is 24.6 Å². The molecule has 2 heterocycles. The average Bonchev–Trinajstić information content (AvgIpc) is 2.92. The molecule has 2 aromatic rings. The van der Waals surface area contributed by atoms with E-state index in [-0.39, 0.29) is 6.10 Å². The topological polar surface area (TPSA) is 25.4 Å². The summed E-state index contributed by atoms with van der Waals surface area (Å²) in [5.74, 6) is 0. The third-order valence-corrected chi connectivity index (χ3v) is 3.85. The van der Waals surface area contributed by atoms with Gasteiger partial charge < -0.3 is 9.64 Å². The molecule has 0 amide bonds. The van der Waals surface area contributed by atoms with Crippen molar-refractivity contribution in [3.8, 4) is 0 Å². The van der Waals surface area contributed by atoms with Crippen molar-refractivity contribution >= 4 is 28.2 Å². The number of ether oxygens (including phenoxy) is 1. The first-order chi connectivity index (χ1) is 9.78. The van der Waals surface area contributed by atoms with Gasteiger partial charge in [0, 0.05) is 35.4 Å². The van der Waals surface area contributed by atoms with Crippen LogP contribution in [0, 0.1) is 0 Å². The number of benzene rings is 1. The Bertz CT molecular complexity index is 629. The van der Waals surface area contributed by atoms with Crippen LogP contribution in [-0.4, -0.2) is 30.8 Å². The maximum absolute atomic E-state index is 6.03. The Morgan fingerprint density at radius 1 is 1.45 bits per heavy atom. The zero-order chi connectivity index (χ0) is 13.9. The Hall–Kier alpha value is -1.58. The van der Waals surface area contributed by atoms with Gasteiger partial charge in [-0.3, -0.25) is 4.98 Å². The highest BCUT2D eigenvalue weighted by Gasteiger charge is 2.24. The number of hydrogen-bond donors (Lipinski definition) is 0. The zero-order valence-electron chi connectivity index (χ0n) is 11.3. The van der Waals surface area contributed by atoms with Crippen molar-refractivity contribution in [1.82, 2.24) is 4.98 Å². The lowest BCUT2D eigenvalue weighted by Crippen LogP contribution is -2.23. The van der Waals surface area contributed by atoms with E-state index in [0.29, 0.717) is 6.61 Å². The van der Waals surface area contributed by atoms with Crippen LogP contribution in [-0.2, 0) is 4.74 Å². The van der Waals surface area contributed by atoms with E-state index < -0.39 is 0 Å². The molecule has 4 heteroatoms. The summed E-state index contributed by atoms with van der Waals surface area (Å²) in [4.78, 5) is 6.74. The maximum atomic E-state index is 6.03. The summed E-state index contributed by atoms with van der Waals surface area (Å²) >= 11 is 6.03. The standard InChI is InChI=1S/C16H17ClN2O/c1-2-9-20-13-6-8-19(11-13)16-5-7-18-15-10-12(17)3-4-14(15)16/h2-5,7,10,13H,1,6,8-9,11H2. The zero-order valence-corrected chi connectivity index (χ0v) is 12.0. The Labute approximate surface area is 123 Å². The molecule has 1 aromatic carbocycles. The molecule has 1 aliphatic rings. The Morgan fingerprint density at radius 3 is 3.20 bits per heavy atom. The molecule has 0 saturated carbocycles. The molecule has 0 bridgehead atoms. The molecule has 1 atom stereocenters. The van der Waals surface area contributed by atoms with Crippen LogP contribution in [0.3, 0.4) is 0 Å². The van der Waals surface area contributed by atoms with Crippen molar-refractivity contribution in [3.05, 3.63) is 48.1 Å². The second-order valence-corrected chi connectivity index (χ2v) is 5.41. The fraction of sp³-hybridized carbons (Fsp3) is 0.312. The molecule has 3 nitrogen and oxygen atoms in total. The summed E-state index contributed by atoms with van der Waals surface area (Å²) in [5, 5.41) is 1.86. The minimum absolute atomic E-state index is 0.281. The highest BCUT2D eigenvalue weighted by atomic mass is 35.5. The van der Waals surface area contributed by atoms with E-state index in [9.17, 15) is 0 Å². The molecule has 20 heavy (non-hydrogen) atoms. The highest BCUT2D eigenvalue weighted by Crippen LogP contribution is 2.30. The second-order valence-electron chi connectivity index (χ2n) is 4.97. The van der Waals surface area contributed by atoms with E-state index in [0.717, 1.165) is 35.4 Å². The molecule has 3 rings (SSSR count). The second kappa shape index (κ2) is 5.81. The minimum Gasteiger partial charge on any atom is -0.372 e. The lowest BCUT2D eigenvalue weighted by Gasteiger charge is -2.20. The summed E-state index contributed by atoms with van der Waals surface area (Å²) in [6.07, 6.45) is 4.97. The van der Waals surface area contributed by atoms with E-state index in [1.807, 2.05) is 24.4 Å². The van der Waals surface area contributed by atoms with Crippen molar-refractivity contribution in [2.24, 2.45) is 0 Å². The first-order valence-corrected chi connectivity index (χ1v) is 7.17. The van der Waals surface area contributed by atoms with Gasteiger partial charge in [-0.25, -0.2) is 0 Å². The normalized spacial score (nSPS) is 18.6. The van der Waals surface area contributed by atoms with E-state index in [1.165, 1.54) is 5.69 Å². The average molecular weight is 289 g/mol. The van der Waals surface area contributed by atoms with E-state index in [1.54, 1.807) is 6.08 Å². The number of rotatable bonds is 4. The monoisotopic (exact) mass is 288 g/mol. The summed E-state index contributed by atoms with van der Waals surface area (Å²) in [6, 6.07) is 7.92. The summed E-state index contributed by atoms with van der Waals surface area (Å²) < 4.78 is 5.74. The fourth-order valence-electron chi connectivity index (χ4n) is 2.67. The van der Waals surface area contributed by atoms with Crippen LogP contribution in [0.1, 0.15) is 6.42 Å². The van der Waals surface area contributed by atoms with Crippen molar-refractivity contribution in [3.63, 3.8) is 0 Å². The first kappa shape index (κ1) is 13.4. The summed E-state index contributed by atoms with van der Waals surface area (Å²) in [7, 11) is 0. The number of nitrogens with zero attached hydrogens (tertiary/aromatic N) is 2. The van der Waals surface area contributed by atoms with Crippen LogP contribution in [0.25, 0.3) is 10.9 Å². The smallest absolute Gasteiger partial charge is 0.0771 e. The third-order valence-electron chi connectivity index (χ3n) is 3.62. The van der Waals surface area contributed by atoms with E-state index in [4.69, 9.17) is 16.3 Å². The highest BCUT2D eigenvalue weighted by molar-refractivity contribution is 6.31. The van der Waals surface area contributed by atoms with Crippen molar-refractivity contribution < 1.29 is 4.74 Å². The predicted octanol–water partition coefficient (Wildman–Crippen LogP) is 3.67. The maximum Gasteiger partial charge on any atom is 0.0771 e. The Kier molecular flexibility index (Phi) is 3.90. The van der Waals surface area contributed by atoms with Crippen LogP contribution in [0.4, 0.5) is 5.69 Å². The number of aromatic nitrogens is 1. The van der Waals surface area contributed by atoms with Crippen LogP contribution in [0.5, 0.6) is 0 Å². The number of pyridine rings is 1. The van der Waals surface area contributed by atoms with Crippen molar-refractivity contribution in [2.45, 2.75) is 12.5 Å². The molecule has 0 radical (unpaired) electrons. The van der Waals surface area contributed by atoms with Gasteiger partial charge in [-0.2, -0.15) is 0 Å². The van der Waals surface area contributed by atoms with Crippen LogP contribution >= 0.6 is 11.6 Å². The molecule has 0 N–H and O–H groups in total. The van der Waals surface area contributed by atoms with E-state index in [2.05, 4.69) is 22.5 Å². The van der Waals surface area contributed by atoms with Gasteiger partial charge in [-0.1, -0.05) is 17.7 Å². The lowest BCUT2D eigenvalue weighted by atomic mass is 10.2. The third kappa shape index (κ3) is 2.65.